The van der Waals surface area contributed by atoms with Gasteiger partial charge < -0.3 is 16.8 Å². The zero-order chi connectivity index (χ0) is 24.1. The van der Waals surface area contributed by atoms with Gasteiger partial charge >= 0.3 is 0 Å². The number of nitrogens with zero attached hydrogens (tertiary/aromatic N) is 4. The predicted octanol–water partition coefficient (Wildman–Crippen LogP) is 4.02. The van der Waals surface area contributed by atoms with Gasteiger partial charge in [-0.2, -0.15) is 5.10 Å². The van der Waals surface area contributed by atoms with E-state index in [9.17, 15) is 4.79 Å². The van der Waals surface area contributed by atoms with Crippen molar-refractivity contribution in [3.8, 4) is 11.1 Å². The number of amides is 1. The highest BCUT2D eigenvalue weighted by atomic mass is 19.1. The molecular weight excluding hydrogens is 433 g/mol. The van der Waals surface area contributed by atoms with Crippen molar-refractivity contribution in [1.82, 2.24) is 19.7 Å². The van der Waals surface area contributed by atoms with Crippen molar-refractivity contribution in [3.63, 3.8) is 0 Å². The highest BCUT2D eigenvalue weighted by Gasteiger charge is 2.54. The fraction of sp³-hybridized carbons (Fsp3) is 0.280. The van der Waals surface area contributed by atoms with Crippen molar-refractivity contribution in [2.75, 3.05) is 16.8 Å². The molecule has 1 aliphatic carbocycles. The van der Waals surface area contributed by atoms with Crippen LogP contribution in [0.15, 0.2) is 43.1 Å². The van der Waals surface area contributed by atoms with Gasteiger partial charge in [0.15, 0.2) is 5.82 Å². The Kier molecular flexibility index (Phi) is 5.19. The molecule has 5 N–H and O–H groups in total. The van der Waals surface area contributed by atoms with Crippen LogP contribution in [-0.4, -0.2) is 25.7 Å². The number of rotatable bonds is 5. The minimum absolute atomic E-state index is 0.00965. The summed E-state index contributed by atoms with van der Waals surface area (Å²) in [6, 6.07) is 3.40. The zero-order valence-electron chi connectivity index (χ0n) is 19.2. The summed E-state index contributed by atoms with van der Waals surface area (Å²) in [6.07, 6.45) is 9.26. The molecule has 0 aliphatic heterocycles. The number of carbonyl (C=O) groups is 1. The number of hydrogen-bond donors (Lipinski definition) is 3. The molecule has 1 fully saturated rings. The van der Waals surface area contributed by atoms with Gasteiger partial charge in [0.25, 0.3) is 0 Å². The number of anilines is 3. The number of nitrogens with one attached hydrogen (secondary N) is 1. The lowest BCUT2D eigenvalue weighted by molar-refractivity contribution is -0.117. The van der Waals surface area contributed by atoms with E-state index in [-0.39, 0.29) is 29.3 Å². The summed E-state index contributed by atoms with van der Waals surface area (Å²) in [5.74, 6) is 0.0306. The van der Waals surface area contributed by atoms with E-state index < -0.39 is 5.82 Å². The van der Waals surface area contributed by atoms with E-state index in [1.165, 1.54) is 12.4 Å². The van der Waals surface area contributed by atoms with Crippen LogP contribution in [0.4, 0.5) is 21.6 Å². The van der Waals surface area contributed by atoms with Crippen LogP contribution in [-0.2, 0) is 11.8 Å². The van der Waals surface area contributed by atoms with Gasteiger partial charge in [0.2, 0.25) is 5.91 Å². The molecule has 1 amide bonds. The molecule has 3 aromatic heterocycles. The second kappa shape index (κ2) is 8.09. The molecule has 4 aromatic rings. The Bertz CT molecular complexity index is 1430. The smallest absolute Gasteiger partial charge is 0.229 e. The number of aromatic nitrogens is 4. The van der Waals surface area contributed by atoms with Gasteiger partial charge in [-0.3, -0.25) is 14.5 Å². The maximum atomic E-state index is 15.1. The summed E-state index contributed by atoms with van der Waals surface area (Å²) < 4.78 is 16.9. The first-order chi connectivity index (χ1) is 16.3. The Labute approximate surface area is 196 Å². The van der Waals surface area contributed by atoms with E-state index in [1.807, 2.05) is 26.4 Å². The molecule has 1 aliphatic rings. The molecule has 0 spiro atoms. The molecule has 34 heavy (non-hydrogen) atoms. The van der Waals surface area contributed by atoms with Gasteiger partial charge in [0.05, 0.1) is 23.8 Å². The highest BCUT2D eigenvalue weighted by molar-refractivity contribution is 6.01. The number of carbonyl (C=O) groups excluding carboxylic acids is 1. The molecule has 3 heterocycles. The largest absolute Gasteiger partial charge is 0.397 e. The average molecular weight is 460 g/mol. The summed E-state index contributed by atoms with van der Waals surface area (Å²) in [4.78, 5) is 21.5. The molecule has 1 saturated carbocycles. The fourth-order valence-electron chi connectivity index (χ4n) is 4.89. The first kappa shape index (κ1) is 21.8. The van der Waals surface area contributed by atoms with Gasteiger partial charge in [-0.25, -0.2) is 9.37 Å². The maximum Gasteiger partial charge on any atom is 0.229 e. The van der Waals surface area contributed by atoms with E-state index in [4.69, 9.17) is 11.5 Å². The molecule has 0 saturated heterocycles. The first-order valence-electron chi connectivity index (χ1n) is 11.2. The van der Waals surface area contributed by atoms with Crippen molar-refractivity contribution >= 4 is 33.9 Å². The molecule has 3 atom stereocenters. The number of nitrogen functional groups attached to an aromatic ring is 2. The third-order valence-electron chi connectivity index (χ3n) is 6.85. The molecule has 0 radical (unpaired) electrons. The van der Waals surface area contributed by atoms with Crippen LogP contribution in [0.25, 0.3) is 21.9 Å². The van der Waals surface area contributed by atoms with E-state index in [2.05, 4.69) is 27.3 Å². The second-order valence-corrected chi connectivity index (χ2v) is 8.90. The molecule has 174 valence electrons. The third kappa shape index (κ3) is 3.53. The summed E-state index contributed by atoms with van der Waals surface area (Å²) >= 11 is 0. The summed E-state index contributed by atoms with van der Waals surface area (Å²) in [6.45, 7) is 3.89. The lowest BCUT2D eigenvalue weighted by atomic mass is 9.97. The lowest BCUT2D eigenvalue weighted by Crippen LogP contribution is -2.16. The van der Waals surface area contributed by atoms with Gasteiger partial charge in [-0.1, -0.05) is 13.3 Å². The molecule has 0 unspecified atom stereocenters. The van der Waals surface area contributed by atoms with Crippen LogP contribution in [0.5, 0.6) is 0 Å². The van der Waals surface area contributed by atoms with Crippen molar-refractivity contribution in [2.45, 2.75) is 26.2 Å². The topological polar surface area (TPSA) is 125 Å². The van der Waals surface area contributed by atoms with Gasteiger partial charge in [-0.05, 0) is 41.5 Å². The second-order valence-electron chi connectivity index (χ2n) is 8.90. The van der Waals surface area contributed by atoms with E-state index in [1.54, 1.807) is 23.0 Å². The van der Waals surface area contributed by atoms with Gasteiger partial charge in [-0.15, -0.1) is 0 Å². The standard InChI is InChI=1S/C25H26FN7O/c1-4-15-21(14-7-31-33(3)11-14)22(15)25(34)32-20-6-13-5-16(17-8-29-10-19(27)12(17)2)23(26)24(28)18(13)9-30-20/h5-11,15,21-22H,4,27-28H2,1-3H3,(H,30,32,34)/t15-,21-,22-/m1/s1. The number of pyridine rings is 2. The minimum atomic E-state index is -0.551. The number of benzene rings is 1. The zero-order valence-corrected chi connectivity index (χ0v) is 19.2. The minimum Gasteiger partial charge on any atom is -0.397 e. The molecule has 5 rings (SSSR count). The molecule has 0 bridgehead atoms. The Morgan fingerprint density at radius 3 is 2.68 bits per heavy atom. The van der Waals surface area contributed by atoms with Crippen LogP contribution < -0.4 is 16.8 Å². The van der Waals surface area contributed by atoms with Crippen molar-refractivity contribution in [3.05, 3.63) is 60.1 Å². The Hall–Kier alpha value is -4.01. The van der Waals surface area contributed by atoms with Gasteiger partial charge in [0.1, 0.15) is 5.82 Å². The SMILES string of the molecule is CC[C@H]1[C@@H](C(=O)Nc2cc3cc(-c4cncc(N)c4C)c(F)c(N)c3cn2)[C@@H]1c1cnn(C)c1. The fourth-order valence-corrected chi connectivity index (χ4v) is 4.89. The van der Waals surface area contributed by atoms with Crippen LogP contribution >= 0.6 is 0 Å². The normalized spacial score (nSPS) is 19.4. The third-order valence-corrected chi connectivity index (χ3v) is 6.85. The van der Waals surface area contributed by atoms with Crippen LogP contribution in [0, 0.1) is 24.6 Å². The molecule has 8 nitrogen and oxygen atoms in total. The number of hydrogen-bond acceptors (Lipinski definition) is 6. The monoisotopic (exact) mass is 459 g/mol. The lowest BCUT2D eigenvalue weighted by Gasteiger charge is -2.13. The Morgan fingerprint density at radius 1 is 1.18 bits per heavy atom. The average Bonchev–Trinajstić information content (AvgIpc) is 3.41. The van der Waals surface area contributed by atoms with Gasteiger partial charge in [0, 0.05) is 54.0 Å². The quantitative estimate of drug-likeness (QED) is 0.387. The van der Waals surface area contributed by atoms with Crippen molar-refractivity contribution in [1.29, 1.82) is 0 Å². The van der Waals surface area contributed by atoms with Crippen LogP contribution in [0.1, 0.15) is 30.4 Å². The van der Waals surface area contributed by atoms with E-state index >= 15 is 4.39 Å². The summed E-state index contributed by atoms with van der Waals surface area (Å²) in [5, 5.41) is 8.30. The van der Waals surface area contributed by atoms with Crippen molar-refractivity contribution < 1.29 is 9.18 Å². The maximum absolute atomic E-state index is 15.1. The highest BCUT2D eigenvalue weighted by Crippen LogP contribution is 2.56. The predicted molar refractivity (Wildman–Crippen MR) is 130 cm³/mol. The number of aryl methyl sites for hydroxylation is 1. The Morgan fingerprint density at radius 2 is 1.97 bits per heavy atom. The summed E-state index contributed by atoms with van der Waals surface area (Å²) in [7, 11) is 1.87. The number of nitrogens with two attached hydrogens (primary N) is 2. The number of halogens is 1. The molecule has 9 heteroatoms. The van der Waals surface area contributed by atoms with Crippen LogP contribution in [0.2, 0.25) is 0 Å². The number of fused-ring (bicyclic) bond motifs is 1. The van der Waals surface area contributed by atoms with Crippen LogP contribution in [0.3, 0.4) is 0 Å². The first-order valence-corrected chi connectivity index (χ1v) is 11.2. The van der Waals surface area contributed by atoms with E-state index in [0.29, 0.717) is 33.4 Å². The summed E-state index contributed by atoms with van der Waals surface area (Å²) in [5.41, 5.74) is 15.2. The van der Waals surface area contributed by atoms with Crippen molar-refractivity contribution in [2.24, 2.45) is 18.9 Å². The molecule has 1 aromatic carbocycles. The molecular formula is C25H26FN7O. The Balaban J connectivity index is 1.46. The van der Waals surface area contributed by atoms with E-state index in [0.717, 1.165) is 17.5 Å².